The molecule has 0 amide bonds. The van der Waals surface area contributed by atoms with Crippen molar-refractivity contribution in [3.8, 4) is 0 Å². The third kappa shape index (κ3) is 4.31. The highest BCUT2D eigenvalue weighted by Crippen LogP contribution is 2.50. The molecule has 0 N–H and O–H groups in total. The maximum absolute atomic E-state index is 14.5. The lowest BCUT2D eigenvalue weighted by atomic mass is 10.0. The van der Waals surface area contributed by atoms with Gasteiger partial charge in [-0.15, -0.1) is 0 Å². The molecule has 0 aliphatic carbocycles. The summed E-state index contributed by atoms with van der Waals surface area (Å²) in [4.78, 5) is 0. The summed E-state index contributed by atoms with van der Waals surface area (Å²) < 4.78 is 85.2. The summed E-state index contributed by atoms with van der Waals surface area (Å²) in [6.07, 6.45) is -4.92. The van der Waals surface area contributed by atoms with Gasteiger partial charge < -0.3 is 0 Å². The zero-order valence-corrected chi connectivity index (χ0v) is 21.5. The minimum absolute atomic E-state index is 0.0899. The molecular weight excluding hydrogens is 517 g/mol. The average Bonchev–Trinajstić information content (AvgIpc) is 2.86. The Kier molecular flexibility index (Phi) is 6.23. The molecule has 0 heterocycles. The fourth-order valence-corrected chi connectivity index (χ4v) is 8.95. The van der Waals surface area contributed by atoms with Gasteiger partial charge in [-0.25, -0.2) is 0 Å². The normalized spacial score (nSPS) is 14.1. The molecule has 38 heavy (non-hydrogen) atoms. The van der Waals surface area contributed by atoms with Crippen LogP contribution in [0.15, 0.2) is 91.0 Å². The third-order valence-corrected chi connectivity index (χ3v) is 10.7. The van der Waals surface area contributed by atoms with Gasteiger partial charge in [0.2, 0.25) is 0 Å². The minimum atomic E-state index is -4.73. The van der Waals surface area contributed by atoms with E-state index in [4.69, 9.17) is 0 Å². The van der Waals surface area contributed by atoms with Crippen molar-refractivity contribution in [2.24, 2.45) is 0 Å². The Morgan fingerprint density at radius 2 is 1.21 bits per heavy atom. The summed E-state index contributed by atoms with van der Waals surface area (Å²) >= 11 is 0. The monoisotopic (exact) mass is 540 g/mol. The molecule has 1 unspecified atom stereocenters. The molecular formula is C31H23F6P. The van der Waals surface area contributed by atoms with Crippen LogP contribution in [-0.4, -0.2) is 6.30 Å². The highest BCUT2D eigenvalue weighted by molar-refractivity contribution is 7.94. The second kappa shape index (κ2) is 9.06. The maximum atomic E-state index is 14.5. The highest BCUT2D eigenvalue weighted by atomic mass is 31.2. The van der Waals surface area contributed by atoms with E-state index in [0.29, 0.717) is 21.8 Å². The van der Waals surface area contributed by atoms with E-state index in [-0.39, 0.29) is 10.6 Å². The van der Waals surface area contributed by atoms with E-state index in [1.165, 1.54) is 18.2 Å². The molecule has 7 heteroatoms. The van der Waals surface area contributed by atoms with Gasteiger partial charge in [-0.3, -0.25) is 0 Å². The fraction of sp³-hybridized carbons (Fsp3) is 0.129. The van der Waals surface area contributed by atoms with Crippen molar-refractivity contribution in [1.29, 1.82) is 0 Å². The Hall–Kier alpha value is -3.50. The number of fused-ring (bicyclic) bond motifs is 3. The first kappa shape index (κ1) is 26.1. The Morgan fingerprint density at radius 1 is 0.579 bits per heavy atom. The van der Waals surface area contributed by atoms with E-state index >= 15 is 0 Å². The molecule has 0 saturated carbocycles. The van der Waals surface area contributed by atoms with Gasteiger partial charge >= 0.3 is 12.4 Å². The van der Waals surface area contributed by atoms with Crippen molar-refractivity contribution in [2.45, 2.75) is 26.2 Å². The van der Waals surface area contributed by atoms with Gasteiger partial charge in [0.1, 0.15) is 0 Å². The van der Waals surface area contributed by atoms with Crippen LogP contribution < -0.4 is 15.9 Å². The molecule has 0 aliphatic heterocycles. The number of benzene rings is 5. The van der Waals surface area contributed by atoms with Gasteiger partial charge in [-0.1, -0.05) is 78.6 Å². The van der Waals surface area contributed by atoms with Crippen molar-refractivity contribution in [1.82, 2.24) is 0 Å². The van der Waals surface area contributed by atoms with Crippen LogP contribution in [0.4, 0.5) is 26.3 Å². The van der Waals surface area contributed by atoms with Crippen LogP contribution in [0.2, 0.25) is 0 Å². The van der Waals surface area contributed by atoms with E-state index in [9.17, 15) is 26.3 Å². The largest absolute Gasteiger partial charge is 0.417 e. The van der Waals surface area contributed by atoms with Gasteiger partial charge in [0.05, 0.1) is 11.1 Å². The van der Waals surface area contributed by atoms with E-state index in [2.05, 4.69) is 6.30 Å². The minimum Gasteiger partial charge on any atom is -0.166 e. The van der Waals surface area contributed by atoms with Crippen LogP contribution in [-0.2, 0) is 12.4 Å². The van der Waals surface area contributed by atoms with Crippen LogP contribution in [0.25, 0.3) is 21.5 Å². The Bertz CT molecular complexity index is 1740. The van der Waals surface area contributed by atoms with Gasteiger partial charge in [-0.2, -0.15) is 26.3 Å². The molecule has 0 radical (unpaired) electrons. The molecule has 0 saturated heterocycles. The third-order valence-electron chi connectivity index (χ3n) is 6.98. The van der Waals surface area contributed by atoms with Crippen LogP contribution in [0.5, 0.6) is 0 Å². The quantitative estimate of drug-likeness (QED) is 0.123. The van der Waals surface area contributed by atoms with Crippen molar-refractivity contribution in [3.05, 3.63) is 113 Å². The first-order chi connectivity index (χ1) is 17.8. The Morgan fingerprint density at radius 3 is 1.87 bits per heavy atom. The second-order valence-corrected chi connectivity index (χ2v) is 12.6. The van der Waals surface area contributed by atoms with Gasteiger partial charge in [0.15, 0.2) is 0 Å². The molecule has 0 bridgehead atoms. The summed E-state index contributed by atoms with van der Waals surface area (Å²) in [6, 6.07) is 23.7. The first-order valence-corrected chi connectivity index (χ1v) is 13.8. The highest BCUT2D eigenvalue weighted by Gasteiger charge is 2.40. The number of alkyl halides is 6. The van der Waals surface area contributed by atoms with Crippen LogP contribution in [0, 0.1) is 13.8 Å². The summed E-state index contributed by atoms with van der Waals surface area (Å²) in [5.74, 6) is 0. The van der Waals surface area contributed by atoms with E-state index < -0.39 is 30.4 Å². The molecule has 0 spiro atoms. The van der Waals surface area contributed by atoms with Gasteiger partial charge in [0, 0.05) is 0 Å². The van der Waals surface area contributed by atoms with E-state index in [1.54, 1.807) is 26.0 Å². The Balaban J connectivity index is 2.03. The van der Waals surface area contributed by atoms with E-state index in [1.807, 2.05) is 42.5 Å². The van der Waals surface area contributed by atoms with Crippen LogP contribution in [0.1, 0.15) is 22.3 Å². The lowest BCUT2D eigenvalue weighted by Crippen LogP contribution is -2.33. The number of hydrogen-bond donors (Lipinski definition) is 0. The average molecular weight is 540 g/mol. The maximum Gasteiger partial charge on any atom is 0.417 e. The molecule has 0 aromatic heterocycles. The topological polar surface area (TPSA) is 0 Å². The van der Waals surface area contributed by atoms with Gasteiger partial charge in [0.25, 0.3) is 0 Å². The molecule has 0 nitrogen and oxygen atoms in total. The predicted octanol–water partition coefficient (Wildman–Crippen LogP) is 8.37. The molecule has 5 aromatic carbocycles. The lowest BCUT2D eigenvalue weighted by molar-refractivity contribution is -0.138. The molecule has 1 atom stereocenters. The number of hydrogen-bond acceptors (Lipinski definition) is 0. The molecule has 5 aromatic rings. The van der Waals surface area contributed by atoms with Gasteiger partial charge in [-0.05, 0) is 88.0 Å². The molecule has 0 aliphatic rings. The van der Waals surface area contributed by atoms with Crippen LogP contribution >= 0.6 is 6.89 Å². The molecule has 5 rings (SSSR count). The molecule has 0 fully saturated rings. The van der Waals surface area contributed by atoms with E-state index in [0.717, 1.165) is 34.4 Å². The first-order valence-electron chi connectivity index (χ1n) is 11.8. The van der Waals surface area contributed by atoms with Crippen LogP contribution in [0.3, 0.4) is 0 Å². The second-order valence-electron chi connectivity index (χ2n) is 9.49. The zero-order valence-electron chi connectivity index (χ0n) is 20.6. The SMILES string of the molecule is C=P(c1cc(C(F)(F)F)ccc1C)(c1cc(C)ccc1C(F)(F)F)c1cc2ccccc2c2ccccc12. The standard InChI is InChI=1S/C31H23F6P/c1-19-12-15-26(31(35,36)37)29(16-19)38(3,27-18-22(30(32,33)34)14-13-20(27)2)28-17-21-8-4-5-9-23(21)24-10-6-7-11-25(24)28/h4-18H,3H2,1-2H3. The number of rotatable bonds is 3. The predicted molar refractivity (Wildman–Crippen MR) is 147 cm³/mol. The fourth-order valence-electron chi connectivity index (χ4n) is 5.13. The summed E-state index contributed by atoms with van der Waals surface area (Å²) in [7, 11) is 0. The van der Waals surface area contributed by atoms with Crippen molar-refractivity contribution in [2.75, 3.05) is 0 Å². The number of aryl methyl sites for hydroxylation is 2. The summed E-state index contributed by atoms with van der Waals surface area (Å²) in [5, 5.41) is 3.74. The number of halogens is 6. The lowest BCUT2D eigenvalue weighted by Gasteiger charge is -2.33. The van der Waals surface area contributed by atoms with Crippen molar-refractivity contribution in [3.63, 3.8) is 0 Å². The van der Waals surface area contributed by atoms with Crippen molar-refractivity contribution < 1.29 is 26.3 Å². The molecule has 194 valence electrons. The smallest absolute Gasteiger partial charge is 0.166 e. The summed E-state index contributed by atoms with van der Waals surface area (Å²) in [5.41, 5.74) is -0.790. The Labute approximate surface area is 216 Å². The summed E-state index contributed by atoms with van der Waals surface area (Å²) in [6.45, 7) is -0.243. The zero-order chi connectivity index (χ0) is 27.5. The van der Waals surface area contributed by atoms with Crippen molar-refractivity contribution >= 4 is 50.6 Å².